The smallest absolute Gasteiger partial charge is 0.417 e. The lowest BCUT2D eigenvalue weighted by atomic mass is 9.94. The number of hydrogen-bond acceptors (Lipinski definition) is 8. The zero-order chi connectivity index (χ0) is 30.4. The van der Waals surface area contributed by atoms with Crippen LogP contribution in [0.25, 0.3) is 5.69 Å². The number of aromatic nitrogens is 1. The fraction of sp³-hybridized carbons (Fsp3) is 0.379. The molecule has 0 saturated carbocycles. The number of alkyl halides is 3. The molecule has 1 aromatic heterocycles. The molecule has 0 spiro atoms. The predicted molar refractivity (Wildman–Crippen MR) is 144 cm³/mol. The van der Waals surface area contributed by atoms with Crippen LogP contribution in [0.1, 0.15) is 43.0 Å². The van der Waals surface area contributed by atoms with Crippen molar-refractivity contribution in [3.8, 4) is 29.3 Å². The highest BCUT2D eigenvalue weighted by Crippen LogP contribution is 2.59. The van der Waals surface area contributed by atoms with E-state index < -0.39 is 46.4 Å². The van der Waals surface area contributed by atoms with E-state index in [0.717, 1.165) is 16.7 Å². The van der Waals surface area contributed by atoms with E-state index in [1.807, 2.05) is 0 Å². The molecule has 3 heterocycles. The first-order valence-electron chi connectivity index (χ1n) is 13.2. The van der Waals surface area contributed by atoms with Crippen LogP contribution < -0.4 is 10.1 Å². The van der Waals surface area contributed by atoms with Crippen LogP contribution in [0, 0.1) is 11.3 Å². The SMILES string of the molecule is CCOC(=O)Nc1ccc(OCCN2CC3(C)OC(C)(C2)c2c3c(O)n(-c3ccc(C#N)c(C(F)(F)F)c3)c2O)cc1. The monoisotopic (exact) mass is 586 g/mol. The van der Waals surface area contributed by atoms with Crippen LogP contribution in [0.2, 0.25) is 0 Å². The third kappa shape index (κ3) is 5.08. The van der Waals surface area contributed by atoms with E-state index >= 15 is 0 Å². The number of benzene rings is 2. The van der Waals surface area contributed by atoms with Gasteiger partial charge in [-0.15, -0.1) is 0 Å². The van der Waals surface area contributed by atoms with Crippen molar-refractivity contribution in [2.45, 2.75) is 38.1 Å². The lowest BCUT2D eigenvalue weighted by molar-refractivity contribution is -0.187. The molecule has 2 atom stereocenters. The van der Waals surface area contributed by atoms with Crippen molar-refractivity contribution in [3.63, 3.8) is 0 Å². The average Bonchev–Trinajstić information content (AvgIpc) is 3.29. The number of anilines is 1. The van der Waals surface area contributed by atoms with E-state index in [1.54, 1.807) is 45.0 Å². The Morgan fingerprint density at radius 2 is 1.71 bits per heavy atom. The molecular formula is C29H29F3N4O6. The Bertz CT molecular complexity index is 1520. The number of morpholine rings is 1. The van der Waals surface area contributed by atoms with Crippen molar-refractivity contribution >= 4 is 11.8 Å². The summed E-state index contributed by atoms with van der Waals surface area (Å²) < 4.78 is 58.8. The van der Waals surface area contributed by atoms with Crippen LogP contribution >= 0.6 is 0 Å². The Morgan fingerprint density at radius 3 is 2.26 bits per heavy atom. The van der Waals surface area contributed by atoms with E-state index in [-0.39, 0.29) is 12.3 Å². The van der Waals surface area contributed by atoms with Gasteiger partial charge in [0.25, 0.3) is 0 Å². The number of aromatic hydroxyl groups is 2. The third-order valence-corrected chi connectivity index (χ3v) is 7.42. The second-order valence-corrected chi connectivity index (χ2v) is 10.6. The summed E-state index contributed by atoms with van der Waals surface area (Å²) in [5.41, 5.74) is -2.86. The number of nitriles is 1. The molecule has 10 nitrogen and oxygen atoms in total. The predicted octanol–water partition coefficient (Wildman–Crippen LogP) is 5.20. The van der Waals surface area contributed by atoms with Gasteiger partial charge in [0.2, 0.25) is 11.8 Å². The Kier molecular flexibility index (Phi) is 7.24. The molecule has 0 radical (unpaired) electrons. The zero-order valence-electron chi connectivity index (χ0n) is 23.1. The number of carbonyl (C=O) groups is 1. The Morgan fingerprint density at radius 1 is 1.10 bits per heavy atom. The maximum absolute atomic E-state index is 13.6. The molecule has 1 saturated heterocycles. The van der Waals surface area contributed by atoms with Crippen LogP contribution in [0.3, 0.4) is 0 Å². The minimum absolute atomic E-state index is 0.135. The lowest BCUT2D eigenvalue weighted by Crippen LogP contribution is -2.52. The lowest BCUT2D eigenvalue weighted by Gasteiger charge is -2.43. The summed E-state index contributed by atoms with van der Waals surface area (Å²) in [6, 6.07) is 11.3. The molecule has 3 N–H and O–H groups in total. The molecule has 222 valence electrons. The van der Waals surface area contributed by atoms with Crippen molar-refractivity contribution in [2.75, 3.05) is 38.2 Å². The number of halogens is 3. The van der Waals surface area contributed by atoms with Crippen molar-refractivity contribution < 1.29 is 42.4 Å². The van der Waals surface area contributed by atoms with Gasteiger partial charge < -0.3 is 24.4 Å². The van der Waals surface area contributed by atoms with E-state index in [4.69, 9.17) is 19.5 Å². The zero-order valence-corrected chi connectivity index (χ0v) is 23.1. The van der Waals surface area contributed by atoms with Gasteiger partial charge in [0.15, 0.2) is 0 Å². The first-order valence-corrected chi connectivity index (χ1v) is 13.2. The fourth-order valence-corrected chi connectivity index (χ4v) is 5.90. The molecule has 13 heteroatoms. The quantitative estimate of drug-likeness (QED) is 0.345. The largest absolute Gasteiger partial charge is 0.494 e. The van der Waals surface area contributed by atoms with Gasteiger partial charge in [0.1, 0.15) is 23.6 Å². The minimum Gasteiger partial charge on any atom is -0.494 e. The third-order valence-electron chi connectivity index (χ3n) is 7.42. The maximum atomic E-state index is 13.6. The molecule has 2 unspecified atom stereocenters. The van der Waals surface area contributed by atoms with Crippen molar-refractivity contribution in [1.29, 1.82) is 5.26 Å². The number of hydrogen-bond donors (Lipinski definition) is 3. The van der Waals surface area contributed by atoms with Gasteiger partial charge in [0, 0.05) is 25.3 Å². The second-order valence-electron chi connectivity index (χ2n) is 10.6. The number of amides is 1. The summed E-state index contributed by atoms with van der Waals surface area (Å²) >= 11 is 0. The van der Waals surface area contributed by atoms with Gasteiger partial charge in [-0.1, -0.05) is 0 Å². The normalized spacial score (nSPS) is 21.5. The summed E-state index contributed by atoms with van der Waals surface area (Å²) in [5.74, 6) is -0.269. The van der Waals surface area contributed by atoms with Gasteiger partial charge in [-0.2, -0.15) is 18.4 Å². The molecule has 2 aliphatic heterocycles. The molecule has 3 aromatic rings. The first kappa shape index (κ1) is 29.1. The Hall–Kier alpha value is -4.41. The van der Waals surface area contributed by atoms with Crippen molar-refractivity contribution in [2.24, 2.45) is 0 Å². The Balaban J connectivity index is 1.33. The van der Waals surface area contributed by atoms with Crippen LogP contribution in [0.4, 0.5) is 23.7 Å². The van der Waals surface area contributed by atoms with E-state index in [9.17, 15) is 28.2 Å². The molecular weight excluding hydrogens is 557 g/mol. The van der Waals surface area contributed by atoms with Gasteiger partial charge in [-0.05, 0) is 63.2 Å². The van der Waals surface area contributed by atoms with E-state index in [0.29, 0.717) is 48.8 Å². The molecule has 2 bridgehead atoms. The standard InChI is InChI=1S/C29H29F3N4O6/c1-4-40-26(39)34-18-6-9-20(10-7-18)41-12-11-35-15-27(2)22-23(28(3,16-35)42-27)25(38)36(24(22)37)19-8-5-17(14-33)21(13-19)29(30,31)32/h5-10,13,37-38H,4,11-12,15-16H2,1-3H3,(H,34,39). The van der Waals surface area contributed by atoms with Gasteiger partial charge in [0.05, 0.1) is 40.6 Å². The summed E-state index contributed by atoms with van der Waals surface area (Å²) in [4.78, 5) is 13.6. The second kappa shape index (κ2) is 10.5. The Labute approximate surface area is 239 Å². The highest BCUT2D eigenvalue weighted by atomic mass is 19.4. The summed E-state index contributed by atoms with van der Waals surface area (Å²) in [6.07, 6.45) is -5.35. The number of nitrogens with zero attached hydrogens (tertiary/aromatic N) is 3. The number of nitrogens with one attached hydrogen (secondary N) is 1. The van der Waals surface area contributed by atoms with Crippen molar-refractivity contribution in [3.05, 3.63) is 64.7 Å². The molecule has 2 aliphatic rings. The number of carbonyl (C=O) groups excluding carboxylic acids is 1. The molecule has 2 aromatic carbocycles. The highest BCUT2D eigenvalue weighted by molar-refractivity contribution is 5.84. The van der Waals surface area contributed by atoms with E-state index in [2.05, 4.69) is 10.2 Å². The number of ether oxygens (including phenoxy) is 3. The minimum atomic E-state index is -4.80. The molecule has 42 heavy (non-hydrogen) atoms. The highest BCUT2D eigenvalue weighted by Gasteiger charge is 2.58. The number of rotatable bonds is 7. The summed E-state index contributed by atoms with van der Waals surface area (Å²) in [6.45, 7) is 6.91. The van der Waals surface area contributed by atoms with E-state index in [1.165, 1.54) is 12.1 Å². The maximum Gasteiger partial charge on any atom is 0.417 e. The molecule has 0 aliphatic carbocycles. The van der Waals surface area contributed by atoms with Crippen LogP contribution in [-0.2, 0) is 26.9 Å². The van der Waals surface area contributed by atoms with Crippen LogP contribution in [0.5, 0.6) is 17.5 Å². The molecule has 1 amide bonds. The average molecular weight is 587 g/mol. The topological polar surface area (TPSA) is 129 Å². The van der Waals surface area contributed by atoms with Gasteiger partial charge >= 0.3 is 12.3 Å². The van der Waals surface area contributed by atoms with Crippen LogP contribution in [-0.4, -0.2) is 58.6 Å². The van der Waals surface area contributed by atoms with Gasteiger partial charge in [-0.25, -0.2) is 4.79 Å². The first-order chi connectivity index (χ1) is 19.8. The molecule has 1 fully saturated rings. The summed E-state index contributed by atoms with van der Waals surface area (Å²) in [5, 5.41) is 34.2. The molecule has 5 rings (SSSR count). The van der Waals surface area contributed by atoms with Crippen molar-refractivity contribution in [1.82, 2.24) is 9.47 Å². The summed E-state index contributed by atoms with van der Waals surface area (Å²) in [7, 11) is 0. The number of fused-ring (bicyclic) bond motifs is 5. The van der Waals surface area contributed by atoms with Gasteiger partial charge in [-0.3, -0.25) is 14.8 Å². The fourth-order valence-electron chi connectivity index (χ4n) is 5.90. The van der Waals surface area contributed by atoms with Crippen LogP contribution in [0.15, 0.2) is 42.5 Å².